The first-order valence-electron chi connectivity index (χ1n) is 6.57. The topological polar surface area (TPSA) is 62.3 Å². The Kier molecular flexibility index (Phi) is 6.41. The molecule has 0 bridgehead atoms. The van der Waals surface area contributed by atoms with Crippen molar-refractivity contribution in [3.63, 3.8) is 0 Å². The minimum atomic E-state index is -3.28. The van der Waals surface area contributed by atoms with Gasteiger partial charge < -0.3 is 5.32 Å². The Morgan fingerprint density at radius 2 is 1.95 bits per heavy atom. The Bertz CT molecular complexity index is 458. The largest absolute Gasteiger partial charge is 0.316 e. The highest BCUT2D eigenvalue weighted by Gasteiger charge is 2.23. The van der Waals surface area contributed by atoms with Crippen LogP contribution in [0.25, 0.3) is 0 Å². The quantitative estimate of drug-likeness (QED) is 0.780. The van der Waals surface area contributed by atoms with E-state index in [1.807, 2.05) is 20.9 Å². The average Bonchev–Trinajstić information content (AvgIpc) is 2.40. The Morgan fingerprint density at radius 1 is 1.32 bits per heavy atom. The Hall–Kier alpha value is -0.980. The molecule has 0 radical (unpaired) electrons. The fourth-order valence-electron chi connectivity index (χ4n) is 1.89. The lowest BCUT2D eigenvalue weighted by atomic mass is 10.2. The van der Waals surface area contributed by atoms with E-state index in [2.05, 4.69) is 10.3 Å². The maximum atomic E-state index is 12.4. The van der Waals surface area contributed by atoms with Crippen molar-refractivity contribution in [3.8, 4) is 0 Å². The van der Waals surface area contributed by atoms with Crippen LogP contribution >= 0.6 is 0 Å². The molecule has 0 aliphatic heterocycles. The number of nitrogens with one attached hydrogen (secondary N) is 1. The molecule has 0 saturated heterocycles. The van der Waals surface area contributed by atoms with Crippen molar-refractivity contribution in [3.05, 3.63) is 30.1 Å². The van der Waals surface area contributed by atoms with Crippen LogP contribution in [-0.4, -0.2) is 43.9 Å². The summed E-state index contributed by atoms with van der Waals surface area (Å²) in [7, 11) is -1.42. The summed E-state index contributed by atoms with van der Waals surface area (Å²) < 4.78 is 26.3. The van der Waals surface area contributed by atoms with Crippen LogP contribution < -0.4 is 5.32 Å². The van der Waals surface area contributed by atoms with E-state index in [4.69, 9.17) is 0 Å². The third-order valence-corrected chi connectivity index (χ3v) is 5.06. The molecule has 0 saturated carbocycles. The van der Waals surface area contributed by atoms with Gasteiger partial charge in [-0.2, -0.15) is 0 Å². The predicted molar refractivity (Wildman–Crippen MR) is 77.2 cm³/mol. The van der Waals surface area contributed by atoms with Gasteiger partial charge in [-0.15, -0.1) is 0 Å². The monoisotopic (exact) mass is 285 g/mol. The zero-order valence-electron chi connectivity index (χ0n) is 11.8. The van der Waals surface area contributed by atoms with E-state index in [1.165, 1.54) is 4.31 Å². The van der Waals surface area contributed by atoms with E-state index in [-0.39, 0.29) is 11.8 Å². The van der Waals surface area contributed by atoms with Crippen LogP contribution in [0, 0.1) is 0 Å². The van der Waals surface area contributed by atoms with Crippen LogP contribution in [-0.2, 0) is 15.8 Å². The lowest BCUT2D eigenvalue weighted by molar-refractivity contribution is 0.368. The van der Waals surface area contributed by atoms with Crippen molar-refractivity contribution in [1.82, 2.24) is 14.6 Å². The molecule has 0 aliphatic carbocycles. The number of rotatable bonds is 8. The van der Waals surface area contributed by atoms with Gasteiger partial charge in [0, 0.05) is 31.5 Å². The normalized spacial score (nSPS) is 13.7. The number of pyridine rings is 1. The van der Waals surface area contributed by atoms with E-state index in [9.17, 15) is 8.42 Å². The minimum absolute atomic E-state index is 0.0313. The highest BCUT2D eigenvalue weighted by atomic mass is 32.2. The molecular formula is C13H23N3O2S. The van der Waals surface area contributed by atoms with Crippen molar-refractivity contribution >= 4 is 10.0 Å². The third kappa shape index (κ3) is 4.89. The van der Waals surface area contributed by atoms with Gasteiger partial charge in [-0.3, -0.25) is 4.98 Å². The summed E-state index contributed by atoms with van der Waals surface area (Å²) in [4.78, 5) is 3.90. The van der Waals surface area contributed by atoms with E-state index < -0.39 is 10.0 Å². The summed E-state index contributed by atoms with van der Waals surface area (Å²) in [6, 6.07) is 3.66. The fraction of sp³-hybridized carbons (Fsp3) is 0.615. The summed E-state index contributed by atoms with van der Waals surface area (Å²) in [6.07, 6.45) is 4.13. The second kappa shape index (κ2) is 7.57. The Balaban J connectivity index is 2.78. The second-order valence-electron chi connectivity index (χ2n) is 4.46. The molecule has 0 spiro atoms. The van der Waals surface area contributed by atoms with Gasteiger partial charge >= 0.3 is 0 Å². The molecule has 1 heterocycles. The highest BCUT2D eigenvalue weighted by Crippen LogP contribution is 2.11. The van der Waals surface area contributed by atoms with Crippen LogP contribution in [0.1, 0.15) is 25.8 Å². The first-order valence-corrected chi connectivity index (χ1v) is 8.18. The molecule has 0 aromatic carbocycles. The molecule has 0 unspecified atom stereocenters. The molecule has 0 aliphatic rings. The molecule has 19 heavy (non-hydrogen) atoms. The first kappa shape index (κ1) is 16.1. The molecule has 0 fully saturated rings. The molecule has 1 rings (SSSR count). The smallest absolute Gasteiger partial charge is 0.218 e. The average molecular weight is 285 g/mol. The van der Waals surface area contributed by atoms with Gasteiger partial charge in [0.1, 0.15) is 0 Å². The van der Waals surface area contributed by atoms with Crippen LogP contribution in [0.2, 0.25) is 0 Å². The van der Waals surface area contributed by atoms with Crippen molar-refractivity contribution in [2.45, 2.75) is 32.1 Å². The van der Waals surface area contributed by atoms with Crippen LogP contribution in [0.5, 0.6) is 0 Å². The van der Waals surface area contributed by atoms with Crippen LogP contribution in [0.3, 0.4) is 0 Å². The van der Waals surface area contributed by atoms with Crippen molar-refractivity contribution in [2.75, 3.05) is 20.1 Å². The molecule has 1 aromatic heterocycles. The van der Waals surface area contributed by atoms with Crippen LogP contribution in [0.4, 0.5) is 0 Å². The van der Waals surface area contributed by atoms with E-state index in [1.54, 1.807) is 24.5 Å². The van der Waals surface area contributed by atoms with E-state index in [0.29, 0.717) is 13.1 Å². The summed E-state index contributed by atoms with van der Waals surface area (Å²) in [5.41, 5.74) is 0.769. The van der Waals surface area contributed by atoms with Crippen molar-refractivity contribution < 1.29 is 8.42 Å². The highest BCUT2D eigenvalue weighted by molar-refractivity contribution is 7.88. The number of aromatic nitrogens is 1. The van der Waals surface area contributed by atoms with E-state index in [0.717, 1.165) is 12.0 Å². The lowest BCUT2D eigenvalue weighted by Crippen LogP contribution is -2.42. The number of hydrogen-bond acceptors (Lipinski definition) is 4. The lowest BCUT2D eigenvalue weighted by Gasteiger charge is -2.25. The molecule has 5 nitrogen and oxygen atoms in total. The van der Waals surface area contributed by atoms with Crippen LogP contribution in [0.15, 0.2) is 24.5 Å². The molecule has 1 atom stereocenters. The minimum Gasteiger partial charge on any atom is -0.316 e. The molecular weight excluding hydrogens is 262 g/mol. The second-order valence-corrected chi connectivity index (χ2v) is 6.43. The summed E-state index contributed by atoms with van der Waals surface area (Å²) in [6.45, 7) is 4.92. The van der Waals surface area contributed by atoms with Gasteiger partial charge in [0.05, 0.1) is 5.75 Å². The van der Waals surface area contributed by atoms with Gasteiger partial charge in [0.15, 0.2) is 0 Å². The molecule has 6 heteroatoms. The first-order chi connectivity index (χ1) is 9.03. The number of sulfonamides is 1. The zero-order valence-corrected chi connectivity index (χ0v) is 12.7. The summed E-state index contributed by atoms with van der Waals surface area (Å²) in [5, 5.41) is 3.14. The standard InChI is InChI=1S/C13H23N3O2S/c1-4-13(14-3)10-16(5-2)19(17,18)11-12-6-8-15-9-7-12/h6-9,13-14H,4-5,10-11H2,1-3H3/t13-/m0/s1. The third-order valence-electron chi connectivity index (χ3n) is 3.17. The van der Waals surface area contributed by atoms with Crippen molar-refractivity contribution in [1.29, 1.82) is 0 Å². The van der Waals surface area contributed by atoms with Gasteiger partial charge in [0.25, 0.3) is 0 Å². The molecule has 108 valence electrons. The fourth-order valence-corrected chi connectivity index (χ4v) is 3.49. The maximum absolute atomic E-state index is 12.4. The molecule has 1 aromatic rings. The van der Waals surface area contributed by atoms with E-state index >= 15 is 0 Å². The Labute approximate surface area is 116 Å². The molecule has 1 N–H and O–H groups in total. The van der Waals surface area contributed by atoms with Gasteiger partial charge in [-0.25, -0.2) is 12.7 Å². The summed E-state index contributed by atoms with van der Waals surface area (Å²) >= 11 is 0. The number of nitrogens with zero attached hydrogens (tertiary/aromatic N) is 2. The maximum Gasteiger partial charge on any atom is 0.218 e. The molecule has 0 amide bonds. The number of likely N-dealkylation sites (N-methyl/N-ethyl adjacent to an activating group) is 2. The van der Waals surface area contributed by atoms with Gasteiger partial charge in [-0.05, 0) is 31.2 Å². The Morgan fingerprint density at radius 3 is 2.42 bits per heavy atom. The predicted octanol–water partition coefficient (Wildman–Crippen LogP) is 1.23. The zero-order chi connectivity index (χ0) is 14.3. The number of hydrogen-bond donors (Lipinski definition) is 1. The SMILES string of the molecule is CC[C@@H](CN(CC)S(=O)(=O)Cc1ccncc1)NC. The van der Waals surface area contributed by atoms with Crippen molar-refractivity contribution in [2.24, 2.45) is 0 Å². The van der Waals surface area contributed by atoms with Gasteiger partial charge in [0.2, 0.25) is 10.0 Å². The van der Waals surface area contributed by atoms with Gasteiger partial charge in [-0.1, -0.05) is 13.8 Å². The summed E-state index contributed by atoms with van der Waals surface area (Å²) in [5.74, 6) is 0.0313.